The quantitative estimate of drug-likeness (QED) is 0.751. The van der Waals surface area contributed by atoms with Gasteiger partial charge in [0, 0.05) is 25.1 Å². The Hall–Kier alpha value is -2.37. The first kappa shape index (κ1) is 12.1. The number of rotatable bonds is 5. The van der Waals surface area contributed by atoms with Crippen LogP contribution in [0.4, 0.5) is 11.8 Å². The summed E-state index contributed by atoms with van der Waals surface area (Å²) in [6.45, 7) is 2.83. The summed E-state index contributed by atoms with van der Waals surface area (Å²) in [5.41, 5.74) is 0.502. The first-order valence-corrected chi connectivity index (χ1v) is 5.81. The van der Waals surface area contributed by atoms with E-state index in [-0.39, 0.29) is 5.91 Å². The van der Waals surface area contributed by atoms with E-state index in [9.17, 15) is 4.79 Å². The van der Waals surface area contributed by atoms with E-state index >= 15 is 0 Å². The number of hydrogen-bond donors (Lipinski definition) is 3. The van der Waals surface area contributed by atoms with Crippen LogP contribution in [0.1, 0.15) is 23.7 Å². The molecule has 3 N–H and O–H groups in total. The highest BCUT2D eigenvalue weighted by atomic mass is 16.1. The summed E-state index contributed by atoms with van der Waals surface area (Å²) in [6, 6.07) is 3.46. The van der Waals surface area contributed by atoms with E-state index in [2.05, 4.69) is 32.5 Å². The molecule has 0 atom stereocenters. The van der Waals surface area contributed by atoms with Crippen molar-refractivity contribution in [2.24, 2.45) is 0 Å². The van der Waals surface area contributed by atoms with Gasteiger partial charge in [0.2, 0.25) is 5.95 Å². The summed E-state index contributed by atoms with van der Waals surface area (Å²) in [4.78, 5) is 23.0. The van der Waals surface area contributed by atoms with Gasteiger partial charge in [-0.25, -0.2) is 9.97 Å². The third-order valence-corrected chi connectivity index (χ3v) is 2.32. The second-order valence-electron chi connectivity index (χ2n) is 3.72. The van der Waals surface area contributed by atoms with Gasteiger partial charge < -0.3 is 10.3 Å². The molecule has 0 unspecified atom stereocenters. The summed E-state index contributed by atoms with van der Waals surface area (Å²) in [7, 11) is 0. The number of hydrogen-bond acceptors (Lipinski definition) is 4. The Morgan fingerprint density at radius 1 is 1.39 bits per heavy atom. The number of pyridine rings is 1. The first-order chi connectivity index (χ1) is 8.81. The Labute approximate surface area is 105 Å². The van der Waals surface area contributed by atoms with Gasteiger partial charge in [0.15, 0.2) is 0 Å². The van der Waals surface area contributed by atoms with Gasteiger partial charge in [-0.3, -0.25) is 10.1 Å². The summed E-state index contributed by atoms with van der Waals surface area (Å²) < 4.78 is 0. The molecule has 18 heavy (non-hydrogen) atoms. The fourth-order valence-electron chi connectivity index (χ4n) is 1.48. The zero-order valence-corrected chi connectivity index (χ0v) is 10.1. The predicted molar refractivity (Wildman–Crippen MR) is 69.6 cm³/mol. The van der Waals surface area contributed by atoms with E-state index in [0.29, 0.717) is 17.3 Å². The zero-order valence-electron chi connectivity index (χ0n) is 10.1. The summed E-state index contributed by atoms with van der Waals surface area (Å²) in [6.07, 6.45) is 5.85. The summed E-state index contributed by atoms with van der Waals surface area (Å²) in [5.74, 6) is 0.769. The van der Waals surface area contributed by atoms with Crippen molar-refractivity contribution in [2.75, 3.05) is 17.2 Å². The maximum atomic E-state index is 12.0. The van der Waals surface area contributed by atoms with Gasteiger partial charge >= 0.3 is 0 Å². The number of aromatic amines is 1. The first-order valence-electron chi connectivity index (χ1n) is 5.81. The van der Waals surface area contributed by atoms with Crippen LogP contribution in [-0.2, 0) is 0 Å². The highest BCUT2D eigenvalue weighted by molar-refractivity contribution is 6.06. The van der Waals surface area contributed by atoms with Crippen LogP contribution in [0.15, 0.2) is 30.7 Å². The molecule has 0 saturated heterocycles. The van der Waals surface area contributed by atoms with E-state index in [1.54, 1.807) is 30.7 Å². The number of nitrogens with one attached hydrogen (secondary N) is 3. The number of nitrogens with zero attached hydrogens (tertiary/aromatic N) is 2. The Morgan fingerprint density at radius 2 is 2.28 bits per heavy atom. The van der Waals surface area contributed by atoms with Crippen molar-refractivity contribution >= 4 is 17.7 Å². The van der Waals surface area contributed by atoms with Gasteiger partial charge in [0.1, 0.15) is 5.82 Å². The molecule has 0 aliphatic carbocycles. The summed E-state index contributed by atoms with van der Waals surface area (Å²) >= 11 is 0. The molecule has 1 amide bonds. The number of aromatic nitrogens is 3. The second kappa shape index (κ2) is 5.81. The molecule has 2 aromatic heterocycles. The molecule has 94 valence electrons. The molecule has 0 aliphatic rings. The van der Waals surface area contributed by atoms with Crippen LogP contribution in [0.2, 0.25) is 0 Å². The fourth-order valence-corrected chi connectivity index (χ4v) is 1.48. The standard InChI is InChI=1S/C12H15N5O/c1-2-5-13-10-9(4-3-6-14-10)11(18)17-12-15-7-8-16-12/h3-4,6-8H,2,5H2,1H3,(H,13,14)(H2,15,16,17,18). The lowest BCUT2D eigenvalue weighted by Crippen LogP contribution is -2.16. The molecule has 6 heteroatoms. The predicted octanol–water partition coefficient (Wildman–Crippen LogP) is 1.88. The molecule has 2 rings (SSSR count). The van der Waals surface area contributed by atoms with Crippen LogP contribution in [0.5, 0.6) is 0 Å². The van der Waals surface area contributed by atoms with Crippen LogP contribution >= 0.6 is 0 Å². The molecule has 0 saturated carbocycles. The normalized spacial score (nSPS) is 10.1. The molecule has 0 aliphatic heterocycles. The molecular weight excluding hydrogens is 230 g/mol. The molecule has 0 bridgehead atoms. The Morgan fingerprint density at radius 3 is 3.00 bits per heavy atom. The fraction of sp³-hybridized carbons (Fsp3) is 0.250. The molecule has 0 radical (unpaired) electrons. The van der Waals surface area contributed by atoms with Gasteiger partial charge in [-0.2, -0.15) is 0 Å². The Bertz CT molecular complexity index is 509. The van der Waals surface area contributed by atoms with Gasteiger partial charge in [0.05, 0.1) is 5.56 Å². The van der Waals surface area contributed by atoms with Crippen molar-refractivity contribution in [2.45, 2.75) is 13.3 Å². The molecule has 2 aromatic rings. The molecule has 0 spiro atoms. The average Bonchev–Trinajstić information content (AvgIpc) is 2.89. The van der Waals surface area contributed by atoms with Crippen molar-refractivity contribution in [1.82, 2.24) is 15.0 Å². The number of carbonyl (C=O) groups excluding carboxylic acids is 1. The van der Waals surface area contributed by atoms with Gasteiger partial charge in [-0.15, -0.1) is 0 Å². The average molecular weight is 245 g/mol. The van der Waals surface area contributed by atoms with Crippen LogP contribution < -0.4 is 10.6 Å². The van der Waals surface area contributed by atoms with E-state index in [1.807, 2.05) is 0 Å². The lowest BCUT2D eigenvalue weighted by Gasteiger charge is -2.09. The van der Waals surface area contributed by atoms with Gasteiger partial charge in [0.25, 0.3) is 5.91 Å². The van der Waals surface area contributed by atoms with Crippen LogP contribution in [0, 0.1) is 0 Å². The lowest BCUT2D eigenvalue weighted by atomic mass is 10.2. The second-order valence-corrected chi connectivity index (χ2v) is 3.72. The number of anilines is 2. The van der Waals surface area contributed by atoms with E-state index in [0.717, 1.165) is 13.0 Å². The Kier molecular flexibility index (Phi) is 3.90. The SMILES string of the molecule is CCCNc1ncccc1C(=O)Nc1ncc[nH]1. The molecular formula is C12H15N5O. The van der Waals surface area contributed by atoms with E-state index in [1.165, 1.54) is 0 Å². The highest BCUT2D eigenvalue weighted by Gasteiger charge is 2.12. The largest absolute Gasteiger partial charge is 0.369 e. The molecule has 2 heterocycles. The van der Waals surface area contributed by atoms with Crippen molar-refractivity contribution in [3.63, 3.8) is 0 Å². The summed E-state index contributed by atoms with van der Waals surface area (Å²) in [5, 5.41) is 5.79. The van der Waals surface area contributed by atoms with E-state index in [4.69, 9.17) is 0 Å². The molecule has 0 fully saturated rings. The van der Waals surface area contributed by atoms with Crippen LogP contribution in [-0.4, -0.2) is 27.4 Å². The number of H-pyrrole nitrogens is 1. The molecule has 6 nitrogen and oxygen atoms in total. The molecule has 0 aromatic carbocycles. The maximum Gasteiger partial charge on any atom is 0.261 e. The topological polar surface area (TPSA) is 82.7 Å². The van der Waals surface area contributed by atoms with Gasteiger partial charge in [-0.05, 0) is 18.6 Å². The monoisotopic (exact) mass is 245 g/mol. The number of imidazole rings is 1. The number of amides is 1. The minimum Gasteiger partial charge on any atom is -0.369 e. The van der Waals surface area contributed by atoms with Crippen LogP contribution in [0.3, 0.4) is 0 Å². The van der Waals surface area contributed by atoms with Crippen molar-refractivity contribution in [1.29, 1.82) is 0 Å². The smallest absolute Gasteiger partial charge is 0.261 e. The van der Waals surface area contributed by atoms with Crippen LogP contribution in [0.25, 0.3) is 0 Å². The van der Waals surface area contributed by atoms with Gasteiger partial charge in [-0.1, -0.05) is 6.92 Å². The van der Waals surface area contributed by atoms with Crippen molar-refractivity contribution < 1.29 is 4.79 Å². The zero-order chi connectivity index (χ0) is 12.8. The Balaban J connectivity index is 2.13. The van der Waals surface area contributed by atoms with Crippen molar-refractivity contribution in [3.05, 3.63) is 36.3 Å². The minimum absolute atomic E-state index is 0.239. The highest BCUT2D eigenvalue weighted by Crippen LogP contribution is 2.13. The lowest BCUT2D eigenvalue weighted by molar-refractivity contribution is 0.102. The maximum absolute atomic E-state index is 12.0. The third kappa shape index (κ3) is 2.85. The van der Waals surface area contributed by atoms with E-state index < -0.39 is 0 Å². The van der Waals surface area contributed by atoms with Crippen molar-refractivity contribution in [3.8, 4) is 0 Å². The third-order valence-electron chi connectivity index (χ3n) is 2.32. The number of carbonyl (C=O) groups is 1. The minimum atomic E-state index is -0.239.